The van der Waals surface area contributed by atoms with Gasteiger partial charge in [0.2, 0.25) is 0 Å². The monoisotopic (exact) mass is 731 g/mol. The summed E-state index contributed by atoms with van der Waals surface area (Å²) in [5.41, 5.74) is 3.95. The van der Waals surface area contributed by atoms with Gasteiger partial charge in [0.1, 0.15) is 11.6 Å². The van der Waals surface area contributed by atoms with Crippen LogP contribution in [0.5, 0.6) is 5.75 Å². The highest BCUT2D eigenvalue weighted by Crippen LogP contribution is 2.36. The fourth-order valence-electron chi connectivity index (χ4n) is 4.96. The van der Waals surface area contributed by atoms with E-state index in [1.807, 2.05) is 83.6 Å². The van der Waals surface area contributed by atoms with Gasteiger partial charge in [-0.1, -0.05) is 59.8 Å². The molecule has 6 rings (SSSR count). The van der Waals surface area contributed by atoms with Crippen LogP contribution in [0.3, 0.4) is 0 Å². The van der Waals surface area contributed by atoms with E-state index in [1.165, 1.54) is 6.07 Å². The molecule has 0 unspecified atom stereocenters. The number of aromatic hydroxyl groups is 1. The first-order valence-corrected chi connectivity index (χ1v) is 18.7. The molecule has 0 saturated heterocycles. The summed E-state index contributed by atoms with van der Waals surface area (Å²) < 4.78 is 3.25. The molecule has 252 valence electrons. The number of urea groups is 1. The van der Waals surface area contributed by atoms with Crippen molar-refractivity contribution >= 4 is 64.4 Å². The molecule has 10 nitrogen and oxygen atoms in total. The van der Waals surface area contributed by atoms with Crippen molar-refractivity contribution in [2.75, 3.05) is 23.9 Å². The zero-order valence-electron chi connectivity index (χ0n) is 26.9. The first-order valence-electron chi connectivity index (χ1n) is 15.3. The van der Waals surface area contributed by atoms with Crippen LogP contribution in [0.2, 0.25) is 5.02 Å². The standard InChI is InChI=1S/C35H34ClN7O3S3/c1-35(2,47-3)30-19-32(43(41-30)23-12-14-26(36)27(45)18-23)38-34(46)37-20-22-8-4-6-10-28(22)49-24-13-15-31-39-40-33(42(31)21-24)25-9-5-7-11-29(25)48-17-16-44/h4-15,18-19,21,44-45H,16-17,20H2,1-3H3,(H2,37,38,46). The van der Waals surface area contributed by atoms with Crippen LogP contribution in [-0.2, 0) is 11.3 Å². The van der Waals surface area contributed by atoms with Crippen molar-refractivity contribution in [3.63, 3.8) is 0 Å². The number of anilines is 1. The minimum Gasteiger partial charge on any atom is -0.506 e. The maximum atomic E-state index is 13.3. The number of nitrogens with one attached hydrogen (secondary N) is 2. The maximum Gasteiger partial charge on any atom is 0.320 e. The number of rotatable bonds is 12. The van der Waals surface area contributed by atoms with Crippen LogP contribution in [-0.4, -0.2) is 59.2 Å². The zero-order valence-corrected chi connectivity index (χ0v) is 30.1. The van der Waals surface area contributed by atoms with E-state index < -0.39 is 6.03 Å². The molecule has 0 aliphatic heterocycles. The number of hydrogen-bond acceptors (Lipinski definition) is 9. The molecule has 6 aromatic rings. The van der Waals surface area contributed by atoms with Crippen molar-refractivity contribution in [3.05, 3.63) is 107 Å². The summed E-state index contributed by atoms with van der Waals surface area (Å²) in [6, 6.07) is 26.1. The average molecular weight is 732 g/mol. The molecule has 2 amide bonds. The highest BCUT2D eigenvalue weighted by atomic mass is 35.5. The number of phenolic OH excluding ortho intramolecular Hbond substituents is 1. The molecule has 0 fully saturated rings. The molecular formula is C35H34ClN7O3S3. The Bertz CT molecular complexity index is 2120. The maximum absolute atomic E-state index is 13.3. The molecule has 4 N–H and O–H groups in total. The Morgan fingerprint density at radius 3 is 2.53 bits per heavy atom. The minimum atomic E-state index is -0.402. The molecule has 3 aromatic carbocycles. The van der Waals surface area contributed by atoms with E-state index >= 15 is 0 Å². The number of thioether (sulfide) groups is 2. The van der Waals surface area contributed by atoms with E-state index in [0.717, 1.165) is 43.0 Å². The van der Waals surface area contributed by atoms with Crippen LogP contribution < -0.4 is 10.6 Å². The van der Waals surface area contributed by atoms with Crippen LogP contribution in [0, 0.1) is 0 Å². The van der Waals surface area contributed by atoms with E-state index in [4.69, 9.17) is 16.7 Å². The largest absolute Gasteiger partial charge is 0.506 e. The van der Waals surface area contributed by atoms with Gasteiger partial charge in [-0.2, -0.15) is 16.9 Å². The van der Waals surface area contributed by atoms with E-state index in [-0.39, 0.29) is 28.7 Å². The number of carbonyl (C=O) groups is 1. The van der Waals surface area contributed by atoms with Crippen molar-refractivity contribution in [2.24, 2.45) is 0 Å². The molecule has 0 aliphatic rings. The Morgan fingerprint density at radius 2 is 1.76 bits per heavy atom. The number of amides is 2. The Balaban J connectivity index is 1.20. The van der Waals surface area contributed by atoms with E-state index in [9.17, 15) is 15.0 Å². The number of aromatic nitrogens is 5. The number of aliphatic hydroxyl groups excluding tert-OH is 1. The first-order chi connectivity index (χ1) is 23.7. The van der Waals surface area contributed by atoms with Crippen LogP contribution in [0.25, 0.3) is 22.7 Å². The summed E-state index contributed by atoms with van der Waals surface area (Å²) in [7, 11) is 0. The molecular weight excluding hydrogens is 698 g/mol. The molecule has 14 heteroatoms. The second-order valence-corrected chi connectivity index (χ2v) is 15.5. The fraction of sp³-hybridized carbons (Fsp3) is 0.200. The normalized spacial score (nSPS) is 11.6. The number of nitrogens with zero attached hydrogens (tertiary/aromatic N) is 5. The Morgan fingerprint density at radius 1 is 0.980 bits per heavy atom. The van der Waals surface area contributed by atoms with Gasteiger partial charge in [0.25, 0.3) is 0 Å². The summed E-state index contributed by atoms with van der Waals surface area (Å²) in [6.45, 7) is 4.49. The molecule has 0 atom stereocenters. The Labute approximate surface area is 301 Å². The molecule has 0 aliphatic carbocycles. The summed E-state index contributed by atoms with van der Waals surface area (Å²) in [4.78, 5) is 16.3. The van der Waals surface area contributed by atoms with Gasteiger partial charge >= 0.3 is 6.03 Å². The topological polar surface area (TPSA) is 130 Å². The third kappa shape index (κ3) is 7.86. The lowest BCUT2D eigenvalue weighted by Gasteiger charge is -2.18. The lowest BCUT2D eigenvalue weighted by molar-refractivity contribution is 0.251. The fourth-order valence-corrected chi connectivity index (χ4v) is 7.15. The molecule has 3 heterocycles. The Hall–Kier alpha value is -4.14. The number of fused-ring (bicyclic) bond motifs is 1. The number of hydrogen-bond donors (Lipinski definition) is 4. The Kier molecular flexibility index (Phi) is 10.8. The van der Waals surface area contributed by atoms with Crippen LogP contribution >= 0.6 is 46.9 Å². The molecule has 0 radical (unpaired) electrons. The van der Waals surface area contributed by atoms with Crippen molar-refractivity contribution in [2.45, 2.75) is 39.8 Å². The molecule has 0 spiro atoms. The van der Waals surface area contributed by atoms with Crippen molar-refractivity contribution in [3.8, 4) is 22.8 Å². The zero-order chi connectivity index (χ0) is 34.5. The quantitative estimate of drug-likeness (QED) is 0.0923. The van der Waals surface area contributed by atoms with Crippen molar-refractivity contribution in [1.82, 2.24) is 29.7 Å². The first kappa shape index (κ1) is 34.7. The highest BCUT2D eigenvalue weighted by molar-refractivity contribution is 7.99. The van der Waals surface area contributed by atoms with Gasteiger partial charge in [-0.25, -0.2) is 9.48 Å². The van der Waals surface area contributed by atoms with E-state index in [0.29, 0.717) is 17.3 Å². The summed E-state index contributed by atoms with van der Waals surface area (Å²) in [5.74, 6) is 1.69. The number of benzene rings is 3. The third-order valence-corrected chi connectivity index (χ3v) is 11.4. The second-order valence-electron chi connectivity index (χ2n) is 11.4. The molecule has 3 aromatic heterocycles. The number of aliphatic hydroxyl groups is 1. The molecule has 0 bridgehead atoms. The molecule has 49 heavy (non-hydrogen) atoms. The van der Waals surface area contributed by atoms with Crippen molar-refractivity contribution < 1.29 is 15.0 Å². The van der Waals surface area contributed by atoms with Gasteiger partial charge in [0.15, 0.2) is 11.5 Å². The van der Waals surface area contributed by atoms with Crippen LogP contribution in [0.4, 0.5) is 10.6 Å². The SMILES string of the molecule is CSC(C)(C)c1cc(NC(=O)NCc2ccccc2Sc2ccc3nnc(-c4ccccc4SCCO)n3c2)n(-c2ccc(Cl)c(O)c2)n1. The van der Waals surface area contributed by atoms with Gasteiger partial charge in [0, 0.05) is 50.9 Å². The second kappa shape index (κ2) is 15.2. The number of phenols is 1. The highest BCUT2D eigenvalue weighted by Gasteiger charge is 2.25. The predicted molar refractivity (Wildman–Crippen MR) is 199 cm³/mol. The summed E-state index contributed by atoms with van der Waals surface area (Å²) >= 11 is 10.9. The van der Waals surface area contributed by atoms with E-state index in [1.54, 1.807) is 52.1 Å². The lowest BCUT2D eigenvalue weighted by Crippen LogP contribution is -2.29. The lowest BCUT2D eigenvalue weighted by atomic mass is 10.1. The van der Waals surface area contributed by atoms with Gasteiger partial charge in [-0.15, -0.1) is 22.0 Å². The van der Waals surface area contributed by atoms with Gasteiger partial charge < -0.3 is 15.5 Å². The number of carbonyl (C=O) groups excluding carboxylic acids is 1. The van der Waals surface area contributed by atoms with Crippen LogP contribution in [0.15, 0.2) is 106 Å². The van der Waals surface area contributed by atoms with Crippen molar-refractivity contribution in [1.29, 1.82) is 0 Å². The summed E-state index contributed by atoms with van der Waals surface area (Å²) in [6.07, 6.45) is 4.02. The van der Waals surface area contributed by atoms with E-state index in [2.05, 4.69) is 34.7 Å². The van der Waals surface area contributed by atoms with Gasteiger partial charge in [0.05, 0.1) is 27.8 Å². The number of pyridine rings is 1. The van der Waals surface area contributed by atoms with Gasteiger partial charge in [-0.3, -0.25) is 9.72 Å². The predicted octanol–water partition coefficient (Wildman–Crippen LogP) is 8.10. The summed E-state index contributed by atoms with van der Waals surface area (Å²) in [5, 5.41) is 39.4. The van der Waals surface area contributed by atoms with Gasteiger partial charge in [-0.05, 0) is 62.1 Å². The minimum absolute atomic E-state index is 0.0774. The number of halogens is 1. The average Bonchev–Trinajstić information content (AvgIpc) is 3.73. The van der Waals surface area contributed by atoms with Crippen LogP contribution in [0.1, 0.15) is 25.1 Å². The third-order valence-electron chi connectivity index (χ3n) is 7.74. The molecule has 0 saturated carbocycles. The smallest absolute Gasteiger partial charge is 0.320 e.